The average molecular weight is 316 g/mol. The van der Waals surface area contributed by atoms with Gasteiger partial charge in [0.05, 0.1) is 12.3 Å². The predicted molar refractivity (Wildman–Crippen MR) is 88.7 cm³/mol. The summed E-state index contributed by atoms with van der Waals surface area (Å²) >= 11 is 0. The van der Waals surface area contributed by atoms with Gasteiger partial charge in [-0.05, 0) is 82.0 Å². The van der Waals surface area contributed by atoms with Crippen molar-refractivity contribution in [1.82, 2.24) is 10.2 Å². The van der Waals surface area contributed by atoms with Crippen LogP contribution in [0.1, 0.15) is 43.9 Å². The maximum atomic E-state index is 12.9. The summed E-state index contributed by atoms with van der Waals surface area (Å²) < 4.78 is 5.54. The molecule has 5 rings (SSSR count). The highest BCUT2D eigenvalue weighted by molar-refractivity contribution is 5.79. The Morgan fingerprint density at radius 2 is 1.87 bits per heavy atom. The van der Waals surface area contributed by atoms with E-state index in [-0.39, 0.29) is 17.9 Å². The van der Waals surface area contributed by atoms with Crippen LogP contribution in [0.5, 0.6) is 0 Å². The van der Waals surface area contributed by atoms with Crippen molar-refractivity contribution in [2.75, 3.05) is 20.6 Å². The first-order valence-electron chi connectivity index (χ1n) is 9.09. The maximum Gasteiger partial charge on any atom is 0.223 e. The quantitative estimate of drug-likeness (QED) is 0.908. The van der Waals surface area contributed by atoms with Crippen molar-refractivity contribution in [2.24, 2.45) is 29.6 Å². The van der Waals surface area contributed by atoms with Crippen LogP contribution in [0.3, 0.4) is 0 Å². The van der Waals surface area contributed by atoms with Crippen molar-refractivity contribution < 1.29 is 9.21 Å². The Hall–Kier alpha value is -1.29. The standard InChI is InChI=1S/C19H28N2O2/c1-21(2)16(17-4-3-5-23-17)11-20-19(22)18-14-7-12-6-13(9-14)10-15(18)8-12/h3-5,12-16,18H,6-11H2,1-2H3,(H,20,22). The van der Waals surface area contributed by atoms with E-state index in [1.54, 1.807) is 6.26 Å². The van der Waals surface area contributed by atoms with Gasteiger partial charge in [0.15, 0.2) is 0 Å². The number of hydrogen-bond acceptors (Lipinski definition) is 3. The fraction of sp³-hybridized carbons (Fsp3) is 0.737. The van der Waals surface area contributed by atoms with Gasteiger partial charge < -0.3 is 9.73 Å². The van der Waals surface area contributed by atoms with Crippen LogP contribution < -0.4 is 5.32 Å². The Morgan fingerprint density at radius 3 is 2.39 bits per heavy atom. The van der Waals surface area contributed by atoms with Gasteiger partial charge in [-0.15, -0.1) is 0 Å². The van der Waals surface area contributed by atoms with E-state index in [9.17, 15) is 4.79 Å². The van der Waals surface area contributed by atoms with E-state index < -0.39 is 0 Å². The zero-order valence-electron chi connectivity index (χ0n) is 14.2. The molecule has 0 saturated heterocycles. The minimum absolute atomic E-state index is 0.103. The molecule has 1 unspecified atom stereocenters. The van der Waals surface area contributed by atoms with Gasteiger partial charge in [0.1, 0.15) is 5.76 Å². The monoisotopic (exact) mass is 316 g/mol. The summed E-state index contributed by atoms with van der Waals surface area (Å²) in [5.74, 6) is 4.60. The van der Waals surface area contributed by atoms with E-state index in [4.69, 9.17) is 4.42 Å². The van der Waals surface area contributed by atoms with Crippen LogP contribution in [0.4, 0.5) is 0 Å². The van der Waals surface area contributed by atoms with Gasteiger partial charge in [-0.1, -0.05) is 0 Å². The van der Waals surface area contributed by atoms with Gasteiger partial charge in [0.25, 0.3) is 0 Å². The van der Waals surface area contributed by atoms with Crippen molar-refractivity contribution in [3.63, 3.8) is 0 Å². The lowest BCUT2D eigenvalue weighted by atomic mass is 9.51. The van der Waals surface area contributed by atoms with Gasteiger partial charge in [-0.2, -0.15) is 0 Å². The Bertz CT molecular complexity index is 524. The molecule has 1 heterocycles. The van der Waals surface area contributed by atoms with Crippen LogP contribution >= 0.6 is 0 Å². The first kappa shape index (κ1) is 15.3. The fourth-order valence-corrected chi connectivity index (χ4v) is 5.69. The van der Waals surface area contributed by atoms with Gasteiger partial charge in [0, 0.05) is 12.5 Å². The number of rotatable bonds is 5. The number of nitrogens with one attached hydrogen (secondary N) is 1. The lowest BCUT2D eigenvalue weighted by Gasteiger charge is -2.53. The van der Waals surface area contributed by atoms with Gasteiger partial charge in [-0.25, -0.2) is 0 Å². The second-order valence-electron chi connectivity index (χ2n) is 8.20. The fourth-order valence-electron chi connectivity index (χ4n) is 5.69. The molecular formula is C19H28N2O2. The van der Waals surface area contributed by atoms with Gasteiger partial charge in [-0.3, -0.25) is 9.69 Å². The molecule has 4 bridgehead atoms. The summed E-state index contributed by atoms with van der Waals surface area (Å²) in [4.78, 5) is 15.0. The van der Waals surface area contributed by atoms with Gasteiger partial charge in [0.2, 0.25) is 5.91 Å². The molecule has 4 aliphatic carbocycles. The number of amides is 1. The van der Waals surface area contributed by atoms with E-state index in [0.29, 0.717) is 18.4 Å². The third-order valence-corrected chi connectivity index (χ3v) is 6.49. The molecule has 4 saturated carbocycles. The van der Waals surface area contributed by atoms with Crippen LogP contribution in [0.2, 0.25) is 0 Å². The molecule has 0 aliphatic heterocycles. The molecule has 1 aromatic rings. The highest BCUT2D eigenvalue weighted by Gasteiger charge is 2.50. The topological polar surface area (TPSA) is 45.5 Å². The van der Waals surface area contributed by atoms with Crippen molar-refractivity contribution >= 4 is 5.91 Å². The second kappa shape index (κ2) is 5.97. The number of nitrogens with zero attached hydrogens (tertiary/aromatic N) is 1. The smallest absolute Gasteiger partial charge is 0.223 e. The molecule has 1 N–H and O–H groups in total. The molecular weight excluding hydrogens is 288 g/mol. The third kappa shape index (κ3) is 2.82. The molecule has 1 aromatic heterocycles. The molecule has 0 aromatic carbocycles. The molecule has 4 heteroatoms. The van der Waals surface area contributed by atoms with Crippen molar-refractivity contribution in [3.05, 3.63) is 24.2 Å². The minimum atomic E-state index is 0.103. The lowest BCUT2D eigenvalue weighted by molar-refractivity contribution is -0.138. The predicted octanol–water partition coefficient (Wildman–Crippen LogP) is 3.07. The molecule has 126 valence electrons. The molecule has 0 radical (unpaired) electrons. The van der Waals surface area contributed by atoms with Crippen molar-refractivity contribution in [1.29, 1.82) is 0 Å². The molecule has 23 heavy (non-hydrogen) atoms. The maximum absolute atomic E-state index is 12.9. The molecule has 1 amide bonds. The summed E-state index contributed by atoms with van der Waals surface area (Å²) in [5, 5.41) is 3.24. The zero-order chi connectivity index (χ0) is 16.0. The number of hydrogen-bond donors (Lipinski definition) is 1. The van der Waals surface area contributed by atoms with Crippen LogP contribution in [-0.4, -0.2) is 31.4 Å². The van der Waals surface area contributed by atoms with E-state index >= 15 is 0 Å². The summed E-state index contributed by atoms with van der Waals surface area (Å²) in [7, 11) is 4.06. The summed E-state index contributed by atoms with van der Waals surface area (Å²) in [6.07, 6.45) is 8.30. The second-order valence-corrected chi connectivity index (χ2v) is 8.20. The summed E-state index contributed by atoms with van der Waals surface area (Å²) in [6.45, 7) is 0.627. The van der Waals surface area contributed by atoms with Crippen LogP contribution in [0, 0.1) is 29.6 Å². The number of carbonyl (C=O) groups is 1. The highest BCUT2D eigenvalue weighted by atomic mass is 16.3. The molecule has 4 nitrogen and oxygen atoms in total. The van der Waals surface area contributed by atoms with E-state index in [1.807, 2.05) is 26.2 Å². The third-order valence-electron chi connectivity index (χ3n) is 6.49. The first-order valence-corrected chi connectivity index (χ1v) is 9.09. The lowest BCUT2D eigenvalue weighted by Crippen LogP contribution is -2.51. The normalized spacial score (nSPS) is 36.4. The van der Waals surface area contributed by atoms with Crippen LogP contribution in [0.15, 0.2) is 22.8 Å². The molecule has 4 fully saturated rings. The number of furan rings is 1. The van der Waals surface area contributed by atoms with Crippen molar-refractivity contribution in [2.45, 2.75) is 38.1 Å². The number of likely N-dealkylation sites (N-methyl/N-ethyl adjacent to an activating group) is 1. The zero-order valence-corrected chi connectivity index (χ0v) is 14.2. The van der Waals surface area contributed by atoms with E-state index in [1.165, 1.54) is 32.1 Å². The summed E-state index contributed by atoms with van der Waals surface area (Å²) in [6, 6.07) is 4.00. The Morgan fingerprint density at radius 1 is 1.22 bits per heavy atom. The molecule has 1 atom stereocenters. The van der Waals surface area contributed by atoms with Crippen LogP contribution in [-0.2, 0) is 4.79 Å². The SMILES string of the molecule is CN(C)C(CNC(=O)C1C2CC3CC(C2)CC1C3)c1ccco1. The van der Waals surface area contributed by atoms with E-state index in [2.05, 4.69) is 10.2 Å². The first-order chi connectivity index (χ1) is 11.1. The minimum Gasteiger partial charge on any atom is -0.468 e. The summed E-state index contributed by atoms with van der Waals surface area (Å²) in [5.41, 5.74) is 0. The Kier molecular flexibility index (Phi) is 3.96. The Balaban J connectivity index is 1.40. The largest absolute Gasteiger partial charge is 0.468 e. The molecule has 0 spiro atoms. The average Bonchev–Trinajstić information content (AvgIpc) is 3.00. The Labute approximate surface area is 138 Å². The van der Waals surface area contributed by atoms with Crippen LogP contribution in [0.25, 0.3) is 0 Å². The highest BCUT2D eigenvalue weighted by Crippen LogP contribution is 2.56. The van der Waals surface area contributed by atoms with Crippen molar-refractivity contribution in [3.8, 4) is 0 Å². The van der Waals surface area contributed by atoms with Gasteiger partial charge >= 0.3 is 0 Å². The molecule has 4 aliphatic rings. The van der Waals surface area contributed by atoms with E-state index in [0.717, 1.165) is 17.6 Å². The number of carbonyl (C=O) groups excluding carboxylic acids is 1.